The number of carbonyl (C=O) groups is 2. The van der Waals surface area contributed by atoms with E-state index in [4.69, 9.17) is 15.3 Å². The monoisotopic (exact) mass is 263 g/mol. The number of hydrogen-bond donors (Lipinski definition) is 2. The number of carbonyl (C=O) groups excluding carboxylic acids is 1. The average molecular weight is 263 g/mol. The van der Waals surface area contributed by atoms with Gasteiger partial charge in [0.05, 0.1) is 0 Å². The predicted octanol–water partition coefficient (Wildman–Crippen LogP) is 0.198. The van der Waals surface area contributed by atoms with Crippen molar-refractivity contribution in [1.29, 1.82) is 0 Å². The van der Waals surface area contributed by atoms with Gasteiger partial charge in [-0.2, -0.15) is 0 Å². The first-order valence-corrected chi connectivity index (χ1v) is 5.54. The molecule has 0 spiro atoms. The Morgan fingerprint density at radius 3 is 2.95 bits per heavy atom. The average Bonchev–Trinajstić information content (AvgIpc) is 2.84. The van der Waals surface area contributed by atoms with Crippen LogP contribution in [0.4, 0.5) is 0 Å². The summed E-state index contributed by atoms with van der Waals surface area (Å²) in [7, 11) is 1.50. The summed E-state index contributed by atoms with van der Waals surface area (Å²) in [5.41, 5.74) is 7.41. The summed E-state index contributed by atoms with van der Waals surface area (Å²) in [6.45, 7) is 0.246. The van der Waals surface area contributed by atoms with Crippen LogP contribution in [0, 0.1) is 0 Å². The number of oxazole rings is 1. The van der Waals surface area contributed by atoms with Crippen LogP contribution >= 0.6 is 0 Å². The Morgan fingerprint density at radius 2 is 2.26 bits per heavy atom. The van der Waals surface area contributed by atoms with Crippen molar-refractivity contribution in [2.24, 2.45) is 5.73 Å². The molecule has 3 N–H and O–H groups in total. The Balaban J connectivity index is 2.11. The molecule has 1 aromatic carbocycles. The highest BCUT2D eigenvalue weighted by Crippen LogP contribution is 2.15. The predicted molar refractivity (Wildman–Crippen MR) is 66.1 cm³/mol. The highest BCUT2D eigenvalue weighted by atomic mass is 16.4. The third kappa shape index (κ3) is 2.71. The van der Waals surface area contributed by atoms with Crippen LogP contribution in [0.15, 0.2) is 29.0 Å². The van der Waals surface area contributed by atoms with E-state index in [-0.39, 0.29) is 6.54 Å². The minimum absolute atomic E-state index is 0.246. The first-order valence-electron chi connectivity index (χ1n) is 5.54. The van der Waals surface area contributed by atoms with Gasteiger partial charge in [-0.05, 0) is 17.7 Å². The van der Waals surface area contributed by atoms with Gasteiger partial charge >= 0.3 is 5.97 Å². The fourth-order valence-corrected chi connectivity index (χ4v) is 1.69. The number of carboxylic acid groups (broad SMARTS) is 1. The summed E-state index contributed by atoms with van der Waals surface area (Å²) >= 11 is 0. The summed E-state index contributed by atoms with van der Waals surface area (Å²) in [5.74, 6) is -1.99. The highest BCUT2D eigenvalue weighted by molar-refractivity contribution is 6.00. The Morgan fingerprint density at radius 1 is 1.53 bits per heavy atom. The molecule has 0 aliphatic rings. The normalized spacial score (nSPS) is 12.3. The van der Waals surface area contributed by atoms with Gasteiger partial charge in [0.15, 0.2) is 18.0 Å². The second-order valence-electron chi connectivity index (χ2n) is 4.16. The molecule has 0 bridgehead atoms. The molecule has 1 amide bonds. The zero-order valence-corrected chi connectivity index (χ0v) is 10.2. The molecule has 0 radical (unpaired) electrons. The maximum absolute atomic E-state index is 11.7. The Labute approximate surface area is 108 Å². The van der Waals surface area contributed by atoms with E-state index in [0.29, 0.717) is 5.58 Å². The summed E-state index contributed by atoms with van der Waals surface area (Å²) in [6.07, 6.45) is 1.34. The number of hydrogen-bond acceptors (Lipinski definition) is 5. The first-order chi connectivity index (χ1) is 8.99. The minimum atomic E-state index is -1.54. The van der Waals surface area contributed by atoms with Crippen LogP contribution in [0.1, 0.15) is 5.56 Å². The number of nitrogens with zero attached hydrogens (tertiary/aromatic N) is 2. The lowest BCUT2D eigenvalue weighted by atomic mass is 10.2. The fourth-order valence-electron chi connectivity index (χ4n) is 1.69. The van der Waals surface area contributed by atoms with Crippen LogP contribution < -0.4 is 5.73 Å². The molecule has 0 fully saturated rings. The molecule has 2 aromatic rings. The molecule has 7 heteroatoms. The van der Waals surface area contributed by atoms with Crippen molar-refractivity contribution in [2.45, 2.75) is 12.6 Å². The van der Waals surface area contributed by atoms with Gasteiger partial charge in [0, 0.05) is 13.6 Å². The van der Waals surface area contributed by atoms with Gasteiger partial charge in [-0.15, -0.1) is 0 Å². The second kappa shape index (κ2) is 5.07. The number of benzene rings is 1. The van der Waals surface area contributed by atoms with Crippen molar-refractivity contribution in [3.05, 3.63) is 30.2 Å². The molecule has 19 heavy (non-hydrogen) atoms. The van der Waals surface area contributed by atoms with Crippen molar-refractivity contribution < 1.29 is 19.1 Å². The minimum Gasteiger partial charge on any atom is -0.480 e. The number of aliphatic carboxylic acids is 1. The first kappa shape index (κ1) is 13.0. The largest absolute Gasteiger partial charge is 0.480 e. The number of nitrogens with two attached hydrogens (primary N) is 1. The maximum Gasteiger partial charge on any atom is 0.330 e. The van der Waals surface area contributed by atoms with Gasteiger partial charge in [-0.3, -0.25) is 4.79 Å². The van der Waals surface area contributed by atoms with E-state index in [2.05, 4.69) is 4.98 Å². The van der Waals surface area contributed by atoms with Gasteiger partial charge in [0.1, 0.15) is 5.52 Å². The molecule has 1 unspecified atom stereocenters. The van der Waals surface area contributed by atoms with E-state index >= 15 is 0 Å². The fraction of sp³-hybridized carbons (Fsp3) is 0.250. The number of fused-ring (bicyclic) bond motifs is 1. The van der Waals surface area contributed by atoms with Crippen LogP contribution in [0.2, 0.25) is 0 Å². The van der Waals surface area contributed by atoms with E-state index in [1.54, 1.807) is 18.2 Å². The topological polar surface area (TPSA) is 110 Å². The Hall–Kier alpha value is -2.41. The second-order valence-corrected chi connectivity index (χ2v) is 4.16. The summed E-state index contributed by atoms with van der Waals surface area (Å²) < 4.78 is 5.15. The smallest absolute Gasteiger partial charge is 0.330 e. The molecule has 1 aromatic heterocycles. The van der Waals surface area contributed by atoms with Crippen LogP contribution in [0.3, 0.4) is 0 Å². The molecular weight excluding hydrogens is 250 g/mol. The van der Waals surface area contributed by atoms with Crippen molar-refractivity contribution in [2.75, 3.05) is 7.05 Å². The van der Waals surface area contributed by atoms with Gasteiger partial charge < -0.3 is 20.2 Å². The molecule has 100 valence electrons. The van der Waals surface area contributed by atoms with Gasteiger partial charge in [-0.25, -0.2) is 9.78 Å². The summed E-state index contributed by atoms with van der Waals surface area (Å²) in [5, 5.41) is 8.69. The van der Waals surface area contributed by atoms with Gasteiger partial charge in [-0.1, -0.05) is 6.07 Å². The molecule has 0 aliphatic heterocycles. The van der Waals surface area contributed by atoms with Crippen molar-refractivity contribution in [3.8, 4) is 0 Å². The lowest BCUT2D eigenvalue weighted by Crippen LogP contribution is -2.46. The number of aromatic nitrogens is 1. The maximum atomic E-state index is 11.7. The third-order valence-corrected chi connectivity index (χ3v) is 2.72. The van der Waals surface area contributed by atoms with Gasteiger partial charge in [0.2, 0.25) is 0 Å². The molecule has 0 aliphatic carbocycles. The zero-order valence-electron chi connectivity index (χ0n) is 10.2. The van der Waals surface area contributed by atoms with Crippen LogP contribution in [0.25, 0.3) is 11.1 Å². The van der Waals surface area contributed by atoms with E-state index < -0.39 is 17.9 Å². The lowest BCUT2D eigenvalue weighted by Gasteiger charge is -2.19. The van der Waals surface area contributed by atoms with Crippen molar-refractivity contribution in [1.82, 2.24) is 9.88 Å². The van der Waals surface area contributed by atoms with E-state index in [1.807, 2.05) is 0 Å². The Bertz CT molecular complexity index is 622. The third-order valence-electron chi connectivity index (χ3n) is 2.72. The standard InChI is InChI=1S/C12H13N3O4/c1-15(11(16)10(13)12(17)18)5-7-2-3-8-9(4-7)19-6-14-8/h2-4,6,10H,5,13H2,1H3,(H,17,18). The number of amides is 1. The van der Waals surface area contributed by atoms with Crippen LogP contribution in [-0.4, -0.2) is 40.0 Å². The summed E-state index contributed by atoms with van der Waals surface area (Å²) in [4.78, 5) is 27.6. The highest BCUT2D eigenvalue weighted by Gasteiger charge is 2.24. The number of rotatable bonds is 4. The van der Waals surface area contributed by atoms with Crippen molar-refractivity contribution >= 4 is 23.0 Å². The zero-order chi connectivity index (χ0) is 14.0. The Kier molecular flexibility index (Phi) is 3.48. The SMILES string of the molecule is CN(Cc1ccc2ncoc2c1)C(=O)C(N)C(=O)O. The van der Waals surface area contributed by atoms with Crippen LogP contribution in [0.5, 0.6) is 0 Å². The lowest BCUT2D eigenvalue weighted by molar-refractivity contribution is -0.146. The molecule has 2 rings (SSSR count). The summed E-state index contributed by atoms with van der Waals surface area (Å²) in [6, 6.07) is 3.77. The molecule has 0 saturated carbocycles. The molecule has 7 nitrogen and oxygen atoms in total. The van der Waals surface area contributed by atoms with Crippen LogP contribution in [-0.2, 0) is 16.1 Å². The number of likely N-dealkylation sites (N-methyl/N-ethyl adjacent to an activating group) is 1. The quantitative estimate of drug-likeness (QED) is 0.762. The van der Waals surface area contributed by atoms with Crippen molar-refractivity contribution in [3.63, 3.8) is 0 Å². The molecule has 1 heterocycles. The molecule has 0 saturated heterocycles. The van der Waals surface area contributed by atoms with Gasteiger partial charge in [0.25, 0.3) is 5.91 Å². The number of carboxylic acids is 1. The molecule has 1 atom stereocenters. The molecular formula is C12H13N3O4. The van der Waals surface area contributed by atoms with E-state index in [0.717, 1.165) is 11.1 Å². The van der Waals surface area contributed by atoms with E-state index in [9.17, 15) is 9.59 Å². The van der Waals surface area contributed by atoms with E-state index in [1.165, 1.54) is 18.3 Å².